The summed E-state index contributed by atoms with van der Waals surface area (Å²) in [5.41, 5.74) is 1.35. The molecule has 29 heavy (non-hydrogen) atoms. The van der Waals surface area contributed by atoms with Crippen LogP contribution in [0.2, 0.25) is 5.02 Å². The lowest BCUT2D eigenvalue weighted by atomic mass is 9.81. The van der Waals surface area contributed by atoms with E-state index in [4.69, 9.17) is 16.3 Å². The predicted molar refractivity (Wildman–Crippen MR) is 122 cm³/mol. The van der Waals surface area contributed by atoms with E-state index in [0.29, 0.717) is 16.7 Å². The molecule has 1 aliphatic heterocycles. The van der Waals surface area contributed by atoms with Crippen molar-refractivity contribution in [3.63, 3.8) is 0 Å². The van der Waals surface area contributed by atoms with E-state index in [0.717, 1.165) is 42.9 Å². The van der Waals surface area contributed by atoms with E-state index >= 15 is 0 Å². The third-order valence-electron chi connectivity index (χ3n) is 5.33. The lowest BCUT2D eigenvalue weighted by Gasteiger charge is -2.26. The van der Waals surface area contributed by atoms with Crippen molar-refractivity contribution < 1.29 is 14.3 Å². The van der Waals surface area contributed by atoms with Gasteiger partial charge in [0.15, 0.2) is 5.78 Å². The second-order valence-corrected chi connectivity index (χ2v) is 8.49. The summed E-state index contributed by atoms with van der Waals surface area (Å²) in [6, 6.07) is 5.89. The molecule has 1 unspecified atom stereocenters. The number of carbonyl (C=O) groups excluding carboxylic acids is 2. The molecule has 1 aliphatic rings. The Labute approximate surface area is 183 Å². The Morgan fingerprint density at radius 3 is 2.62 bits per heavy atom. The highest BCUT2D eigenvalue weighted by atomic mass is 35.5. The summed E-state index contributed by atoms with van der Waals surface area (Å²) in [4.78, 5) is 30.6. The first-order chi connectivity index (χ1) is 14.0. The fourth-order valence-corrected chi connectivity index (χ4v) is 4.54. The molecule has 1 aromatic rings. The Kier molecular flexibility index (Phi) is 10.1. The van der Waals surface area contributed by atoms with Crippen LogP contribution in [0.25, 0.3) is 0 Å². The average Bonchev–Trinajstić information content (AvgIpc) is 2.74. The van der Waals surface area contributed by atoms with Crippen LogP contribution in [0.1, 0.15) is 50.5 Å². The molecule has 4 nitrogen and oxygen atoms in total. The number of rotatable bonds is 10. The summed E-state index contributed by atoms with van der Waals surface area (Å²) in [5.74, 6) is 0.194. The SMILES string of the molecule is C/C=C\C(=NC)C(=O)CCC(=O)C(CC1CCOCC1)c1ccc(SC)c(Cl)c1. The second kappa shape index (κ2) is 12.3. The lowest BCUT2D eigenvalue weighted by molar-refractivity contribution is -0.123. The summed E-state index contributed by atoms with van der Waals surface area (Å²) in [5, 5.41) is 0.671. The van der Waals surface area contributed by atoms with Gasteiger partial charge in [0.1, 0.15) is 5.78 Å². The first-order valence-corrected chi connectivity index (χ1v) is 11.7. The molecular weight excluding hydrogens is 406 g/mol. The van der Waals surface area contributed by atoms with Gasteiger partial charge in [-0.3, -0.25) is 14.6 Å². The molecule has 0 aromatic heterocycles. The van der Waals surface area contributed by atoms with Crippen LogP contribution in [0.5, 0.6) is 0 Å². The van der Waals surface area contributed by atoms with Gasteiger partial charge in [0.2, 0.25) is 0 Å². The van der Waals surface area contributed by atoms with E-state index in [2.05, 4.69) is 4.99 Å². The smallest absolute Gasteiger partial charge is 0.181 e. The largest absolute Gasteiger partial charge is 0.381 e. The Morgan fingerprint density at radius 2 is 2.03 bits per heavy atom. The maximum absolute atomic E-state index is 13.2. The Hall–Kier alpha value is -1.43. The number of benzene rings is 1. The minimum absolute atomic E-state index is 0.0914. The summed E-state index contributed by atoms with van der Waals surface area (Å²) in [7, 11) is 1.60. The first kappa shape index (κ1) is 23.8. The third-order valence-corrected chi connectivity index (χ3v) is 6.55. The molecule has 0 amide bonds. The first-order valence-electron chi connectivity index (χ1n) is 10.1. The third kappa shape index (κ3) is 7.09. The molecule has 1 heterocycles. The van der Waals surface area contributed by atoms with Crippen LogP contribution in [-0.2, 0) is 14.3 Å². The van der Waals surface area contributed by atoms with Crippen molar-refractivity contribution in [3.8, 4) is 0 Å². The molecule has 1 fully saturated rings. The maximum atomic E-state index is 13.2. The number of allylic oxidation sites excluding steroid dienone is 2. The van der Waals surface area contributed by atoms with Crippen molar-refractivity contribution in [2.45, 2.75) is 49.8 Å². The highest BCUT2D eigenvalue weighted by Gasteiger charge is 2.27. The highest BCUT2D eigenvalue weighted by molar-refractivity contribution is 7.98. The number of nitrogens with zero attached hydrogens (tertiary/aromatic N) is 1. The van der Waals surface area contributed by atoms with Crippen LogP contribution in [0.15, 0.2) is 40.2 Å². The molecule has 0 radical (unpaired) electrons. The van der Waals surface area contributed by atoms with Crippen molar-refractivity contribution in [1.82, 2.24) is 0 Å². The number of hydrogen-bond acceptors (Lipinski definition) is 5. The minimum Gasteiger partial charge on any atom is -0.381 e. The van der Waals surface area contributed by atoms with Gasteiger partial charge in [-0.2, -0.15) is 0 Å². The van der Waals surface area contributed by atoms with Gasteiger partial charge in [-0.05, 0) is 62.1 Å². The van der Waals surface area contributed by atoms with Crippen LogP contribution in [-0.4, -0.2) is 43.8 Å². The summed E-state index contributed by atoms with van der Waals surface area (Å²) in [6.07, 6.45) is 8.55. The zero-order valence-electron chi connectivity index (χ0n) is 17.4. The van der Waals surface area contributed by atoms with Gasteiger partial charge in [0.25, 0.3) is 0 Å². The van der Waals surface area contributed by atoms with Gasteiger partial charge < -0.3 is 4.74 Å². The fourth-order valence-electron chi connectivity index (χ4n) is 3.66. The Balaban J connectivity index is 2.16. The molecule has 1 saturated heterocycles. The van der Waals surface area contributed by atoms with Crippen molar-refractivity contribution in [1.29, 1.82) is 0 Å². The van der Waals surface area contributed by atoms with Crippen molar-refractivity contribution in [2.24, 2.45) is 10.9 Å². The van der Waals surface area contributed by atoms with E-state index in [-0.39, 0.29) is 30.3 Å². The molecule has 6 heteroatoms. The van der Waals surface area contributed by atoms with Gasteiger partial charge in [0, 0.05) is 43.9 Å². The van der Waals surface area contributed by atoms with Gasteiger partial charge in [-0.25, -0.2) is 0 Å². The van der Waals surface area contributed by atoms with Gasteiger partial charge >= 0.3 is 0 Å². The van der Waals surface area contributed by atoms with Gasteiger partial charge in [0.05, 0.1) is 10.7 Å². The fraction of sp³-hybridized carbons (Fsp3) is 0.522. The predicted octanol–water partition coefficient (Wildman–Crippen LogP) is 5.53. The van der Waals surface area contributed by atoms with Crippen LogP contribution in [0, 0.1) is 5.92 Å². The number of Topliss-reactive ketones (excluding diaryl/α,β-unsaturated/α-hetero) is 2. The normalized spacial score (nSPS) is 16.9. The summed E-state index contributed by atoms with van der Waals surface area (Å²) < 4.78 is 5.46. The molecule has 1 aromatic carbocycles. The molecular formula is C23H30ClNO3S. The maximum Gasteiger partial charge on any atom is 0.181 e. The monoisotopic (exact) mass is 435 g/mol. The molecule has 0 saturated carbocycles. The van der Waals surface area contributed by atoms with Gasteiger partial charge in [-0.1, -0.05) is 23.7 Å². The topological polar surface area (TPSA) is 55.7 Å². The number of halogens is 1. The van der Waals surface area contributed by atoms with E-state index in [1.54, 1.807) is 31.0 Å². The van der Waals surface area contributed by atoms with Crippen LogP contribution < -0.4 is 0 Å². The quantitative estimate of drug-likeness (QED) is 0.358. The second-order valence-electron chi connectivity index (χ2n) is 7.24. The number of hydrogen-bond donors (Lipinski definition) is 0. The van der Waals surface area contributed by atoms with Crippen LogP contribution in [0.3, 0.4) is 0 Å². The molecule has 0 spiro atoms. The number of ketones is 2. The molecule has 2 rings (SSSR count). The standard InChI is InChI=1S/C23H30ClNO3S/c1-4-5-20(25-2)22(27)8-7-21(26)18(14-16-10-12-28-13-11-16)17-6-9-23(29-3)19(24)15-17/h4-6,9,15-16,18H,7-8,10-14H2,1-3H3/b5-4-,25-20?. The zero-order chi connectivity index (χ0) is 21.2. The molecule has 158 valence electrons. The molecule has 0 aliphatic carbocycles. The number of thioether (sulfide) groups is 1. The number of carbonyl (C=O) groups is 2. The Morgan fingerprint density at radius 1 is 1.31 bits per heavy atom. The van der Waals surface area contributed by atoms with E-state index in [9.17, 15) is 9.59 Å². The van der Waals surface area contributed by atoms with Crippen molar-refractivity contribution in [2.75, 3.05) is 26.5 Å². The zero-order valence-corrected chi connectivity index (χ0v) is 19.0. The Bertz CT molecular complexity index is 769. The van der Waals surface area contributed by atoms with Crippen LogP contribution in [0.4, 0.5) is 0 Å². The average molecular weight is 436 g/mol. The van der Waals surface area contributed by atoms with E-state index in [1.165, 1.54) is 0 Å². The van der Waals surface area contributed by atoms with E-state index in [1.807, 2.05) is 31.4 Å². The van der Waals surface area contributed by atoms with E-state index < -0.39 is 0 Å². The minimum atomic E-state index is -0.247. The number of ether oxygens (including phenoxy) is 1. The molecule has 1 atom stereocenters. The highest BCUT2D eigenvalue weighted by Crippen LogP contribution is 2.35. The number of aliphatic imine (C=N–C) groups is 1. The summed E-state index contributed by atoms with van der Waals surface area (Å²) in [6.45, 7) is 3.33. The van der Waals surface area contributed by atoms with Gasteiger partial charge in [-0.15, -0.1) is 11.8 Å². The van der Waals surface area contributed by atoms with Crippen molar-refractivity contribution in [3.05, 3.63) is 40.9 Å². The van der Waals surface area contributed by atoms with Crippen molar-refractivity contribution >= 4 is 40.6 Å². The molecule has 0 bridgehead atoms. The summed E-state index contributed by atoms with van der Waals surface area (Å²) >= 11 is 8.00. The lowest BCUT2D eigenvalue weighted by Crippen LogP contribution is -2.23. The van der Waals surface area contributed by atoms with Crippen LogP contribution >= 0.6 is 23.4 Å². The molecule has 0 N–H and O–H groups in total.